The smallest absolute Gasteiger partial charge is 0.334 e. The number of hydrogen-bond acceptors (Lipinski definition) is 5. The minimum Gasteiger partial charge on any atom is -0.458 e. The number of aliphatic hydroxyl groups excluding tert-OH is 1. The van der Waals surface area contributed by atoms with Crippen LogP contribution in [-0.4, -0.2) is 35.4 Å². The van der Waals surface area contributed by atoms with Crippen LogP contribution in [0.1, 0.15) is 40.5 Å². The molecule has 5 nitrogen and oxygen atoms in total. The van der Waals surface area contributed by atoms with Gasteiger partial charge in [0.1, 0.15) is 12.2 Å². The number of fused-ring (bicyclic) bond motifs is 3. The van der Waals surface area contributed by atoms with Crippen molar-refractivity contribution in [1.29, 1.82) is 0 Å². The van der Waals surface area contributed by atoms with Crippen LogP contribution in [0.2, 0.25) is 0 Å². The van der Waals surface area contributed by atoms with Gasteiger partial charge in [-0.15, -0.1) is 0 Å². The molecule has 3 rings (SSSR count). The second-order valence-electron chi connectivity index (χ2n) is 7.72. The van der Waals surface area contributed by atoms with E-state index in [4.69, 9.17) is 9.47 Å². The van der Waals surface area contributed by atoms with E-state index in [9.17, 15) is 14.7 Å². The van der Waals surface area contributed by atoms with Crippen molar-refractivity contribution in [3.63, 3.8) is 0 Å². The fourth-order valence-corrected chi connectivity index (χ4v) is 4.66. The third-order valence-electron chi connectivity index (χ3n) is 6.27. The number of hydrogen-bond donors (Lipinski definition) is 1. The van der Waals surface area contributed by atoms with E-state index < -0.39 is 35.7 Å². The summed E-state index contributed by atoms with van der Waals surface area (Å²) < 4.78 is 11.4. The lowest BCUT2D eigenvalue weighted by atomic mass is 9.54. The molecule has 1 saturated carbocycles. The number of esters is 2. The maximum Gasteiger partial charge on any atom is 0.334 e. The Bertz CT molecular complexity index is 688. The number of ether oxygens (including phenoxy) is 2. The third kappa shape index (κ3) is 2.65. The zero-order valence-electron chi connectivity index (χ0n) is 15.2. The van der Waals surface area contributed by atoms with Gasteiger partial charge >= 0.3 is 11.9 Å². The monoisotopic (exact) mass is 346 g/mol. The molecular weight excluding hydrogens is 320 g/mol. The van der Waals surface area contributed by atoms with E-state index >= 15 is 0 Å². The van der Waals surface area contributed by atoms with Crippen molar-refractivity contribution >= 4 is 11.9 Å². The molecule has 136 valence electrons. The fourth-order valence-electron chi connectivity index (χ4n) is 4.66. The summed E-state index contributed by atoms with van der Waals surface area (Å²) in [5.74, 6) is -1.30. The first-order valence-corrected chi connectivity index (χ1v) is 8.79. The molecule has 0 amide bonds. The van der Waals surface area contributed by atoms with E-state index in [-0.39, 0.29) is 11.8 Å². The van der Waals surface area contributed by atoms with Crippen LogP contribution >= 0.6 is 0 Å². The molecule has 2 aliphatic carbocycles. The zero-order chi connectivity index (χ0) is 18.5. The molecule has 0 aromatic heterocycles. The molecular formula is C20H26O5. The van der Waals surface area contributed by atoms with Crippen LogP contribution in [0.4, 0.5) is 0 Å². The molecule has 1 N–H and O–H groups in total. The molecule has 0 spiro atoms. The first-order valence-electron chi connectivity index (χ1n) is 8.79. The lowest BCUT2D eigenvalue weighted by Gasteiger charge is -2.53. The summed E-state index contributed by atoms with van der Waals surface area (Å²) >= 11 is 0. The Kier molecular flexibility index (Phi) is 4.40. The molecule has 1 saturated heterocycles. The molecule has 5 heteroatoms. The summed E-state index contributed by atoms with van der Waals surface area (Å²) in [7, 11) is 0. The van der Waals surface area contributed by atoms with Crippen molar-refractivity contribution in [2.24, 2.45) is 17.3 Å². The van der Waals surface area contributed by atoms with Crippen LogP contribution in [-0.2, 0) is 19.1 Å². The van der Waals surface area contributed by atoms with Crippen LogP contribution < -0.4 is 0 Å². The van der Waals surface area contributed by atoms with E-state index in [1.165, 1.54) is 0 Å². The average molecular weight is 346 g/mol. The normalized spacial score (nSPS) is 40.8. The van der Waals surface area contributed by atoms with Gasteiger partial charge in [0.25, 0.3) is 0 Å². The van der Waals surface area contributed by atoms with Crippen molar-refractivity contribution in [2.45, 2.75) is 58.8 Å². The van der Waals surface area contributed by atoms with E-state index in [1.54, 1.807) is 19.9 Å². The number of carbonyl (C=O) groups is 2. The lowest BCUT2D eigenvalue weighted by molar-refractivity contribution is -0.172. The Morgan fingerprint density at radius 1 is 1.52 bits per heavy atom. The fraction of sp³-hybridized carbons (Fsp3) is 0.600. The lowest BCUT2D eigenvalue weighted by Crippen LogP contribution is -2.57. The molecule has 0 unspecified atom stereocenters. The summed E-state index contributed by atoms with van der Waals surface area (Å²) in [6.07, 6.45) is 3.18. The van der Waals surface area contributed by atoms with Gasteiger partial charge in [-0.05, 0) is 33.6 Å². The van der Waals surface area contributed by atoms with E-state index in [2.05, 4.69) is 6.58 Å². The van der Waals surface area contributed by atoms with Crippen molar-refractivity contribution < 1.29 is 24.2 Å². The third-order valence-corrected chi connectivity index (χ3v) is 6.27. The SMILES string of the molecule is C=C1C(=O)O[C@H]2[C@H]1[C@@H](OC(=O)/C(C)=C/C)C[C@@]1(C)[C@H](O)CC=C(C)[C@H]21. The van der Waals surface area contributed by atoms with Crippen LogP contribution in [0.15, 0.2) is 35.5 Å². The highest BCUT2D eigenvalue weighted by Gasteiger charge is 2.61. The molecule has 3 aliphatic rings. The molecule has 2 fully saturated rings. The Morgan fingerprint density at radius 3 is 2.84 bits per heavy atom. The van der Waals surface area contributed by atoms with Crippen LogP contribution in [0.3, 0.4) is 0 Å². The molecule has 0 radical (unpaired) electrons. The maximum atomic E-state index is 12.3. The molecule has 0 aromatic rings. The van der Waals surface area contributed by atoms with Gasteiger partial charge in [-0.25, -0.2) is 9.59 Å². The molecule has 25 heavy (non-hydrogen) atoms. The molecule has 6 atom stereocenters. The van der Waals surface area contributed by atoms with Gasteiger partial charge < -0.3 is 14.6 Å². The highest BCUT2D eigenvalue weighted by Crippen LogP contribution is 2.56. The predicted molar refractivity (Wildman–Crippen MR) is 92.4 cm³/mol. The van der Waals surface area contributed by atoms with Gasteiger partial charge in [0.05, 0.1) is 12.0 Å². The van der Waals surface area contributed by atoms with Crippen molar-refractivity contribution in [2.75, 3.05) is 0 Å². The van der Waals surface area contributed by atoms with Crippen molar-refractivity contribution in [3.8, 4) is 0 Å². The Morgan fingerprint density at radius 2 is 2.20 bits per heavy atom. The van der Waals surface area contributed by atoms with E-state index in [0.717, 1.165) is 5.57 Å². The maximum absolute atomic E-state index is 12.3. The quantitative estimate of drug-likeness (QED) is 0.473. The topological polar surface area (TPSA) is 72.8 Å². The van der Waals surface area contributed by atoms with Crippen LogP contribution in [0.25, 0.3) is 0 Å². The van der Waals surface area contributed by atoms with Crippen molar-refractivity contribution in [3.05, 3.63) is 35.5 Å². The first-order chi connectivity index (χ1) is 11.7. The summed E-state index contributed by atoms with van der Waals surface area (Å²) in [5, 5.41) is 10.7. The van der Waals surface area contributed by atoms with Gasteiger partial charge in [0.15, 0.2) is 0 Å². The molecule has 0 bridgehead atoms. The molecule has 0 aromatic carbocycles. The highest BCUT2D eigenvalue weighted by molar-refractivity contribution is 5.92. The largest absolute Gasteiger partial charge is 0.458 e. The zero-order valence-corrected chi connectivity index (χ0v) is 15.2. The number of allylic oxidation sites excluding steroid dienone is 1. The van der Waals surface area contributed by atoms with E-state index in [1.807, 2.05) is 19.9 Å². The minimum absolute atomic E-state index is 0.0952. The van der Waals surface area contributed by atoms with Crippen molar-refractivity contribution in [1.82, 2.24) is 0 Å². The number of aliphatic hydroxyl groups is 1. The van der Waals surface area contributed by atoms with Gasteiger partial charge in [-0.3, -0.25) is 0 Å². The number of rotatable bonds is 2. The Labute approximate surface area is 148 Å². The minimum atomic E-state index is -0.571. The van der Waals surface area contributed by atoms with E-state index in [0.29, 0.717) is 24.0 Å². The standard InChI is InChI=1S/C20H26O5/c1-6-10(2)18(22)24-13-9-20(5)14(21)8-7-11(3)16(20)17-15(13)12(4)19(23)25-17/h6-7,13-17,21H,4,8-9H2,1-3,5H3/b10-6+/t13-,14+,15+,16+,17-,20-/m0/s1. The number of carbonyl (C=O) groups excluding carboxylic acids is 2. The summed E-state index contributed by atoms with van der Waals surface area (Å²) in [6, 6.07) is 0. The highest BCUT2D eigenvalue weighted by atomic mass is 16.6. The summed E-state index contributed by atoms with van der Waals surface area (Å²) in [5.41, 5.74) is 1.47. The van der Waals surface area contributed by atoms with Gasteiger partial charge in [-0.2, -0.15) is 0 Å². The van der Waals surface area contributed by atoms with Crippen LogP contribution in [0.5, 0.6) is 0 Å². The van der Waals surface area contributed by atoms with Gasteiger partial charge in [0.2, 0.25) is 0 Å². The average Bonchev–Trinajstić information content (AvgIpc) is 2.85. The predicted octanol–water partition coefficient (Wildman–Crippen LogP) is 2.70. The molecule has 1 heterocycles. The Balaban J connectivity index is 2.00. The second kappa shape index (κ2) is 6.13. The van der Waals surface area contributed by atoms with Gasteiger partial charge in [0, 0.05) is 22.5 Å². The second-order valence-corrected chi connectivity index (χ2v) is 7.72. The van der Waals surface area contributed by atoms with Crippen LogP contribution in [0, 0.1) is 17.3 Å². The summed E-state index contributed by atoms with van der Waals surface area (Å²) in [6.45, 7) is 11.4. The summed E-state index contributed by atoms with van der Waals surface area (Å²) in [4.78, 5) is 24.5. The molecule has 1 aliphatic heterocycles. The van der Waals surface area contributed by atoms with Gasteiger partial charge in [-0.1, -0.05) is 31.2 Å². The first kappa shape index (κ1) is 17.9. The Hall–Kier alpha value is -1.88.